The van der Waals surface area contributed by atoms with E-state index in [1.807, 2.05) is 18.2 Å². The maximum absolute atomic E-state index is 12.2. The molecule has 0 unspecified atom stereocenters. The molecule has 102 valence electrons. The van der Waals surface area contributed by atoms with Gasteiger partial charge in [0, 0.05) is 0 Å². The third-order valence-corrected chi connectivity index (χ3v) is 3.46. The van der Waals surface area contributed by atoms with Crippen LogP contribution >= 0.6 is 0 Å². The quantitative estimate of drug-likeness (QED) is 0.573. The fraction of sp³-hybridized carbons (Fsp3) is 0. The molecule has 4 nitrogen and oxygen atoms in total. The maximum Gasteiger partial charge on any atom is 0.348 e. The normalized spacial score (nSPS) is 11.2. The van der Waals surface area contributed by atoms with Crippen LogP contribution in [0, 0.1) is 0 Å². The van der Waals surface area contributed by atoms with Gasteiger partial charge in [-0.25, -0.2) is 4.79 Å². The van der Waals surface area contributed by atoms with Crippen molar-refractivity contribution in [3.63, 3.8) is 0 Å². The Balaban J connectivity index is 2.16. The van der Waals surface area contributed by atoms with E-state index in [1.54, 1.807) is 36.4 Å². The number of hydrogen-bond acceptors (Lipinski definition) is 4. The molecule has 2 heterocycles. The van der Waals surface area contributed by atoms with Crippen molar-refractivity contribution < 1.29 is 13.9 Å². The topological polar surface area (TPSA) is 63.6 Å². The van der Waals surface area contributed by atoms with E-state index < -0.39 is 5.63 Å². The Bertz CT molecular complexity index is 1010. The lowest BCUT2D eigenvalue weighted by atomic mass is 10.1. The minimum atomic E-state index is -0.585. The highest BCUT2D eigenvalue weighted by Gasteiger charge is 2.20. The Kier molecular flexibility index (Phi) is 2.38. The van der Waals surface area contributed by atoms with Crippen LogP contribution in [0.15, 0.2) is 68.2 Å². The molecular formula is C17H10O4. The first kappa shape index (κ1) is 11.8. The molecule has 4 rings (SSSR count). The van der Waals surface area contributed by atoms with Crippen molar-refractivity contribution >= 4 is 22.1 Å². The Morgan fingerprint density at radius 2 is 1.52 bits per heavy atom. The Morgan fingerprint density at radius 3 is 2.33 bits per heavy atom. The molecule has 0 saturated heterocycles. The lowest BCUT2D eigenvalue weighted by Gasteiger charge is -2.02. The minimum absolute atomic E-state index is 0.113. The SMILES string of the molecule is O=c1oc2c(oc3ccccc32)c(O)c1-c1ccccc1. The van der Waals surface area contributed by atoms with Gasteiger partial charge in [-0.3, -0.25) is 0 Å². The summed E-state index contributed by atoms with van der Waals surface area (Å²) in [6.45, 7) is 0. The zero-order valence-electron chi connectivity index (χ0n) is 10.9. The molecule has 0 bridgehead atoms. The number of benzene rings is 2. The van der Waals surface area contributed by atoms with Crippen molar-refractivity contribution in [3.8, 4) is 16.9 Å². The Labute approximate surface area is 118 Å². The monoisotopic (exact) mass is 278 g/mol. The fourth-order valence-corrected chi connectivity index (χ4v) is 2.49. The van der Waals surface area contributed by atoms with Crippen molar-refractivity contribution in [1.82, 2.24) is 0 Å². The van der Waals surface area contributed by atoms with Gasteiger partial charge in [0.05, 0.1) is 5.39 Å². The van der Waals surface area contributed by atoms with E-state index in [1.165, 1.54) is 0 Å². The van der Waals surface area contributed by atoms with Crippen LogP contribution in [0.4, 0.5) is 0 Å². The summed E-state index contributed by atoms with van der Waals surface area (Å²) in [5, 5.41) is 11.1. The number of aromatic hydroxyl groups is 1. The molecular weight excluding hydrogens is 268 g/mol. The molecule has 0 spiro atoms. The van der Waals surface area contributed by atoms with Crippen LogP contribution in [-0.4, -0.2) is 5.11 Å². The molecule has 4 heteroatoms. The van der Waals surface area contributed by atoms with Crippen LogP contribution in [0.2, 0.25) is 0 Å². The molecule has 0 saturated carbocycles. The molecule has 0 radical (unpaired) electrons. The van der Waals surface area contributed by atoms with Crippen LogP contribution in [-0.2, 0) is 0 Å². The maximum atomic E-state index is 12.2. The van der Waals surface area contributed by atoms with E-state index in [0.29, 0.717) is 16.5 Å². The zero-order chi connectivity index (χ0) is 14.4. The van der Waals surface area contributed by atoms with Gasteiger partial charge in [0.15, 0.2) is 11.3 Å². The molecule has 21 heavy (non-hydrogen) atoms. The predicted octanol–water partition coefficient (Wildman–Crippen LogP) is 3.91. The Hall–Kier alpha value is -3.01. The zero-order valence-corrected chi connectivity index (χ0v) is 10.9. The largest absolute Gasteiger partial charge is 0.504 e. The number of rotatable bonds is 1. The lowest BCUT2D eigenvalue weighted by Crippen LogP contribution is -2.02. The first-order valence-electron chi connectivity index (χ1n) is 6.48. The highest BCUT2D eigenvalue weighted by Crippen LogP contribution is 2.37. The number of fused-ring (bicyclic) bond motifs is 3. The molecule has 0 fully saturated rings. The predicted molar refractivity (Wildman–Crippen MR) is 79.4 cm³/mol. The summed E-state index contributed by atoms with van der Waals surface area (Å²) >= 11 is 0. The van der Waals surface area contributed by atoms with E-state index >= 15 is 0 Å². The minimum Gasteiger partial charge on any atom is -0.504 e. The molecule has 0 aliphatic rings. The van der Waals surface area contributed by atoms with Gasteiger partial charge >= 0.3 is 5.63 Å². The Morgan fingerprint density at radius 1 is 0.810 bits per heavy atom. The molecule has 4 aromatic rings. The van der Waals surface area contributed by atoms with E-state index in [-0.39, 0.29) is 22.5 Å². The van der Waals surface area contributed by atoms with Crippen molar-refractivity contribution in [3.05, 3.63) is 65.0 Å². The van der Waals surface area contributed by atoms with E-state index in [4.69, 9.17) is 8.83 Å². The van der Waals surface area contributed by atoms with E-state index in [2.05, 4.69) is 0 Å². The molecule has 2 aromatic heterocycles. The molecule has 0 aliphatic carbocycles. The van der Waals surface area contributed by atoms with Gasteiger partial charge in [-0.05, 0) is 17.7 Å². The summed E-state index contributed by atoms with van der Waals surface area (Å²) in [5.41, 5.74) is 1.14. The summed E-state index contributed by atoms with van der Waals surface area (Å²) in [4.78, 5) is 12.2. The number of para-hydroxylation sites is 1. The summed E-state index contributed by atoms with van der Waals surface area (Å²) in [5.74, 6) is -0.191. The van der Waals surface area contributed by atoms with E-state index in [0.717, 1.165) is 0 Å². The molecule has 0 aliphatic heterocycles. The first-order valence-corrected chi connectivity index (χ1v) is 6.48. The fourth-order valence-electron chi connectivity index (χ4n) is 2.49. The second-order valence-corrected chi connectivity index (χ2v) is 4.74. The summed E-state index contributed by atoms with van der Waals surface area (Å²) < 4.78 is 11.0. The van der Waals surface area contributed by atoms with Gasteiger partial charge < -0.3 is 13.9 Å². The van der Waals surface area contributed by atoms with Crippen LogP contribution in [0.25, 0.3) is 33.3 Å². The van der Waals surface area contributed by atoms with Gasteiger partial charge in [-0.2, -0.15) is 0 Å². The first-order chi connectivity index (χ1) is 10.3. The van der Waals surface area contributed by atoms with Crippen molar-refractivity contribution in [1.29, 1.82) is 0 Å². The molecule has 0 atom stereocenters. The van der Waals surface area contributed by atoms with Crippen LogP contribution in [0.1, 0.15) is 0 Å². The van der Waals surface area contributed by atoms with Gasteiger partial charge in [-0.15, -0.1) is 0 Å². The summed E-state index contributed by atoms with van der Waals surface area (Å²) in [6, 6.07) is 16.1. The van der Waals surface area contributed by atoms with Gasteiger partial charge in [0.2, 0.25) is 5.58 Å². The molecule has 2 aromatic carbocycles. The summed E-state index contributed by atoms with van der Waals surface area (Å²) in [6.07, 6.45) is 0. The van der Waals surface area contributed by atoms with Gasteiger partial charge in [-0.1, -0.05) is 42.5 Å². The van der Waals surface area contributed by atoms with Gasteiger partial charge in [0.1, 0.15) is 11.1 Å². The number of furan rings is 1. The summed E-state index contributed by atoms with van der Waals surface area (Å²) in [7, 11) is 0. The number of hydrogen-bond donors (Lipinski definition) is 1. The standard InChI is InChI=1S/C17H10O4/c18-14-13(10-6-2-1-3-7-10)17(19)21-15-11-8-4-5-9-12(11)20-16(14)15/h1-9,18H. The van der Waals surface area contributed by atoms with Crippen molar-refractivity contribution in [2.75, 3.05) is 0 Å². The van der Waals surface area contributed by atoms with Crippen molar-refractivity contribution in [2.24, 2.45) is 0 Å². The highest BCUT2D eigenvalue weighted by molar-refractivity contribution is 6.04. The van der Waals surface area contributed by atoms with E-state index in [9.17, 15) is 9.90 Å². The van der Waals surface area contributed by atoms with Crippen LogP contribution in [0.5, 0.6) is 5.75 Å². The average Bonchev–Trinajstić information content (AvgIpc) is 2.88. The van der Waals surface area contributed by atoms with Crippen molar-refractivity contribution in [2.45, 2.75) is 0 Å². The molecule has 0 amide bonds. The third-order valence-electron chi connectivity index (χ3n) is 3.46. The highest BCUT2D eigenvalue weighted by atomic mass is 16.4. The third kappa shape index (κ3) is 1.66. The van der Waals surface area contributed by atoms with Crippen LogP contribution < -0.4 is 5.63 Å². The average molecular weight is 278 g/mol. The van der Waals surface area contributed by atoms with Crippen LogP contribution in [0.3, 0.4) is 0 Å². The second-order valence-electron chi connectivity index (χ2n) is 4.74. The molecule has 1 N–H and O–H groups in total. The smallest absolute Gasteiger partial charge is 0.348 e. The van der Waals surface area contributed by atoms with Gasteiger partial charge in [0.25, 0.3) is 0 Å². The second kappa shape index (κ2) is 4.24. The lowest BCUT2D eigenvalue weighted by molar-refractivity contribution is 0.457.